The lowest BCUT2D eigenvalue weighted by Crippen LogP contribution is -1.86. The highest BCUT2D eigenvalue weighted by atomic mass is 79.9. The summed E-state index contributed by atoms with van der Waals surface area (Å²) in [5.74, 6) is 6.64. The van der Waals surface area contributed by atoms with E-state index in [1.807, 2.05) is 36.4 Å². The van der Waals surface area contributed by atoms with Crippen molar-refractivity contribution in [2.45, 2.75) is 6.92 Å². The van der Waals surface area contributed by atoms with Crippen molar-refractivity contribution in [1.82, 2.24) is 0 Å². The summed E-state index contributed by atoms with van der Waals surface area (Å²) < 4.78 is 1.01. The van der Waals surface area contributed by atoms with Crippen LogP contribution in [0.1, 0.15) is 22.3 Å². The number of allylic oxidation sites excluding steroid dienone is 1. The highest BCUT2D eigenvalue weighted by Gasteiger charge is 2.07. The van der Waals surface area contributed by atoms with E-state index in [1.54, 1.807) is 0 Å². The Morgan fingerprint density at radius 1 is 0.708 bits per heavy atom. The molecule has 0 fully saturated rings. The molecule has 0 aliphatic rings. The molecule has 0 saturated heterocycles. The monoisotopic (exact) mass is 372 g/mol. The molecular weight excluding hydrogens is 356 g/mol. The Morgan fingerprint density at radius 3 is 1.83 bits per heavy atom. The van der Waals surface area contributed by atoms with Gasteiger partial charge in [-0.3, -0.25) is 0 Å². The van der Waals surface area contributed by atoms with Gasteiger partial charge >= 0.3 is 0 Å². The van der Waals surface area contributed by atoms with Crippen LogP contribution in [0, 0.1) is 18.8 Å². The lowest BCUT2D eigenvalue weighted by Gasteiger charge is -2.06. The minimum Gasteiger partial charge on any atom is -0.0622 e. The standard InChI is InChI=1S/C23H17Br/c1-18-12-14-19(15-13-18)16-17-22(20-8-4-2-5-9-20)23(24)21-10-6-3-7-11-21/h2-15H,1H3/b23-22+. The predicted octanol–water partition coefficient (Wildman–Crippen LogP) is 6.31. The van der Waals surface area contributed by atoms with E-state index in [2.05, 4.69) is 83.2 Å². The fraction of sp³-hybridized carbons (Fsp3) is 0.0435. The van der Waals surface area contributed by atoms with E-state index in [0.717, 1.165) is 26.7 Å². The van der Waals surface area contributed by atoms with Crippen LogP contribution >= 0.6 is 15.9 Å². The Bertz CT molecular complexity index is 893. The number of halogens is 1. The molecule has 0 radical (unpaired) electrons. The Balaban J connectivity index is 2.09. The summed E-state index contributed by atoms with van der Waals surface area (Å²) in [7, 11) is 0. The Kier molecular flexibility index (Phi) is 5.31. The lowest BCUT2D eigenvalue weighted by molar-refractivity contribution is 1.46. The summed E-state index contributed by atoms with van der Waals surface area (Å²) >= 11 is 3.75. The molecule has 0 spiro atoms. The molecule has 3 rings (SSSR count). The number of rotatable bonds is 2. The second-order valence-electron chi connectivity index (χ2n) is 5.54. The second-order valence-corrected chi connectivity index (χ2v) is 6.33. The Morgan fingerprint density at radius 2 is 1.25 bits per heavy atom. The fourth-order valence-corrected chi connectivity index (χ4v) is 2.95. The largest absolute Gasteiger partial charge is 0.0622 e. The summed E-state index contributed by atoms with van der Waals surface area (Å²) in [6, 6.07) is 28.8. The number of aryl methyl sites for hydroxylation is 1. The van der Waals surface area contributed by atoms with E-state index in [-0.39, 0.29) is 0 Å². The molecule has 116 valence electrons. The zero-order chi connectivity index (χ0) is 16.8. The van der Waals surface area contributed by atoms with Crippen molar-refractivity contribution in [3.05, 3.63) is 107 Å². The van der Waals surface area contributed by atoms with Crippen LogP contribution in [0.15, 0.2) is 84.9 Å². The molecule has 0 nitrogen and oxygen atoms in total. The van der Waals surface area contributed by atoms with E-state index < -0.39 is 0 Å². The van der Waals surface area contributed by atoms with Gasteiger partial charge in [0.1, 0.15) is 0 Å². The number of benzene rings is 3. The molecule has 0 bridgehead atoms. The fourth-order valence-electron chi connectivity index (χ4n) is 2.36. The maximum absolute atomic E-state index is 3.75. The molecule has 0 aromatic heterocycles. The Hall–Kier alpha value is -2.56. The van der Waals surface area contributed by atoms with Crippen LogP contribution in [0.2, 0.25) is 0 Å². The minimum absolute atomic E-state index is 0.988. The number of hydrogen-bond donors (Lipinski definition) is 0. The molecule has 0 aliphatic carbocycles. The first-order valence-corrected chi connectivity index (χ1v) is 8.62. The molecule has 1 heteroatoms. The van der Waals surface area contributed by atoms with Gasteiger partial charge in [-0.1, -0.05) is 90.2 Å². The molecule has 0 unspecified atom stereocenters. The van der Waals surface area contributed by atoms with Crippen LogP contribution in [-0.2, 0) is 0 Å². The van der Waals surface area contributed by atoms with E-state index >= 15 is 0 Å². The average Bonchev–Trinajstić information content (AvgIpc) is 2.65. The normalized spacial score (nSPS) is 11.2. The van der Waals surface area contributed by atoms with Gasteiger partial charge in [0.05, 0.1) is 0 Å². The van der Waals surface area contributed by atoms with Gasteiger partial charge in [-0.2, -0.15) is 0 Å². The SMILES string of the molecule is Cc1ccc(C#C/C(=C(\Br)c2ccccc2)c2ccccc2)cc1. The lowest BCUT2D eigenvalue weighted by atomic mass is 10.0. The van der Waals surface area contributed by atoms with Crippen LogP contribution < -0.4 is 0 Å². The molecule has 3 aromatic rings. The molecule has 0 saturated carbocycles. The average molecular weight is 373 g/mol. The minimum atomic E-state index is 0.988. The molecule has 0 aliphatic heterocycles. The third-order valence-electron chi connectivity index (χ3n) is 3.69. The van der Waals surface area contributed by atoms with Gasteiger partial charge in [0.2, 0.25) is 0 Å². The van der Waals surface area contributed by atoms with Crippen molar-refractivity contribution in [2.75, 3.05) is 0 Å². The second kappa shape index (κ2) is 7.81. The van der Waals surface area contributed by atoms with E-state index in [9.17, 15) is 0 Å². The summed E-state index contributed by atoms with van der Waals surface area (Å²) in [6.07, 6.45) is 0. The maximum atomic E-state index is 3.75. The van der Waals surface area contributed by atoms with Crippen LogP contribution in [0.25, 0.3) is 10.1 Å². The zero-order valence-electron chi connectivity index (χ0n) is 13.5. The molecule has 3 aromatic carbocycles. The van der Waals surface area contributed by atoms with E-state index in [1.165, 1.54) is 5.56 Å². The van der Waals surface area contributed by atoms with Gasteiger partial charge < -0.3 is 0 Å². The van der Waals surface area contributed by atoms with Crippen LogP contribution in [-0.4, -0.2) is 0 Å². The van der Waals surface area contributed by atoms with Gasteiger partial charge in [0, 0.05) is 15.6 Å². The number of hydrogen-bond acceptors (Lipinski definition) is 0. The van der Waals surface area contributed by atoms with Gasteiger partial charge in [-0.15, -0.1) is 0 Å². The van der Waals surface area contributed by atoms with Crippen molar-refractivity contribution in [1.29, 1.82) is 0 Å². The van der Waals surface area contributed by atoms with Crippen molar-refractivity contribution >= 4 is 26.0 Å². The summed E-state index contributed by atoms with van der Waals surface area (Å²) in [6.45, 7) is 2.08. The van der Waals surface area contributed by atoms with Gasteiger partial charge in [0.15, 0.2) is 0 Å². The van der Waals surface area contributed by atoms with Crippen LogP contribution in [0.5, 0.6) is 0 Å². The molecule has 0 heterocycles. The van der Waals surface area contributed by atoms with Crippen molar-refractivity contribution in [3.63, 3.8) is 0 Å². The Labute approximate surface area is 152 Å². The molecular formula is C23H17Br. The first-order valence-electron chi connectivity index (χ1n) is 7.83. The molecule has 0 atom stereocenters. The van der Waals surface area contributed by atoms with Crippen molar-refractivity contribution < 1.29 is 0 Å². The smallest absolute Gasteiger partial charge is 0.0469 e. The molecule has 24 heavy (non-hydrogen) atoms. The summed E-state index contributed by atoms with van der Waals surface area (Å²) in [5.41, 5.74) is 5.47. The van der Waals surface area contributed by atoms with Crippen molar-refractivity contribution in [3.8, 4) is 11.8 Å². The predicted molar refractivity (Wildman–Crippen MR) is 107 cm³/mol. The van der Waals surface area contributed by atoms with E-state index in [4.69, 9.17) is 0 Å². The zero-order valence-corrected chi connectivity index (χ0v) is 15.0. The van der Waals surface area contributed by atoms with Crippen LogP contribution in [0.3, 0.4) is 0 Å². The third-order valence-corrected chi connectivity index (χ3v) is 4.55. The summed E-state index contributed by atoms with van der Waals surface area (Å²) in [5, 5.41) is 0. The topological polar surface area (TPSA) is 0 Å². The van der Waals surface area contributed by atoms with Gasteiger partial charge in [0.25, 0.3) is 0 Å². The van der Waals surface area contributed by atoms with Crippen LogP contribution in [0.4, 0.5) is 0 Å². The van der Waals surface area contributed by atoms with Gasteiger partial charge in [-0.25, -0.2) is 0 Å². The van der Waals surface area contributed by atoms with E-state index in [0.29, 0.717) is 0 Å². The first kappa shape index (κ1) is 16.3. The summed E-state index contributed by atoms with van der Waals surface area (Å²) in [4.78, 5) is 0. The molecule has 0 amide bonds. The quantitative estimate of drug-likeness (QED) is 0.365. The maximum Gasteiger partial charge on any atom is 0.0469 e. The molecule has 0 N–H and O–H groups in total. The first-order chi connectivity index (χ1) is 11.7. The third kappa shape index (κ3) is 4.04. The van der Waals surface area contributed by atoms with Crippen molar-refractivity contribution in [2.24, 2.45) is 0 Å². The highest BCUT2D eigenvalue weighted by Crippen LogP contribution is 2.30. The highest BCUT2D eigenvalue weighted by molar-refractivity contribution is 9.15. The van der Waals surface area contributed by atoms with Gasteiger partial charge in [-0.05, 0) is 46.1 Å².